The molecule has 280 valence electrons. The van der Waals surface area contributed by atoms with E-state index in [-0.39, 0.29) is 0 Å². The van der Waals surface area contributed by atoms with Gasteiger partial charge in [-0.1, -0.05) is 170 Å². The monoisotopic (exact) mass is 764 g/mol. The standard InChI is InChI=1S/C56H36N4/c1-4-15-37(16-5-1)39-27-29-40(30-28-39)56-57-50-34-31-44(36-49(50)53(58-56)42-20-14-19-41(35-42)38-17-6-2-7-18-38)60-52-26-13-11-24-46(52)48-33-32-47-45-23-10-12-25-51(45)59(54(47)55(48)60)43-21-8-3-9-22-43/h1-36H. The first-order valence-corrected chi connectivity index (χ1v) is 20.4. The molecule has 12 rings (SSSR count). The van der Waals surface area contributed by atoms with Crippen molar-refractivity contribution in [2.75, 3.05) is 0 Å². The molecule has 12 aromatic rings. The normalized spacial score (nSPS) is 11.7. The third-order valence-electron chi connectivity index (χ3n) is 11.9. The van der Waals surface area contributed by atoms with E-state index in [0.29, 0.717) is 5.82 Å². The average molecular weight is 765 g/mol. The summed E-state index contributed by atoms with van der Waals surface area (Å²) in [5, 5.41) is 5.85. The lowest BCUT2D eigenvalue weighted by Gasteiger charge is -2.15. The average Bonchev–Trinajstić information content (AvgIpc) is 3.85. The van der Waals surface area contributed by atoms with E-state index in [9.17, 15) is 0 Å². The fourth-order valence-corrected chi connectivity index (χ4v) is 9.14. The highest BCUT2D eigenvalue weighted by Crippen LogP contribution is 2.42. The van der Waals surface area contributed by atoms with Crippen LogP contribution in [0.2, 0.25) is 0 Å². The van der Waals surface area contributed by atoms with E-state index < -0.39 is 0 Å². The third kappa shape index (κ3) is 5.46. The molecule has 0 atom stereocenters. The van der Waals surface area contributed by atoms with Gasteiger partial charge in [0.15, 0.2) is 5.82 Å². The molecule has 60 heavy (non-hydrogen) atoms. The van der Waals surface area contributed by atoms with E-state index >= 15 is 0 Å². The molecule has 0 amide bonds. The van der Waals surface area contributed by atoms with Crippen LogP contribution in [0.3, 0.4) is 0 Å². The summed E-state index contributed by atoms with van der Waals surface area (Å²) in [7, 11) is 0. The molecule has 0 spiro atoms. The molecule has 4 nitrogen and oxygen atoms in total. The van der Waals surface area contributed by atoms with Crippen molar-refractivity contribution in [2.45, 2.75) is 0 Å². The summed E-state index contributed by atoms with van der Waals surface area (Å²) in [6.07, 6.45) is 0. The van der Waals surface area contributed by atoms with Crippen molar-refractivity contribution in [2.24, 2.45) is 0 Å². The van der Waals surface area contributed by atoms with Crippen molar-refractivity contribution in [3.63, 3.8) is 0 Å². The van der Waals surface area contributed by atoms with Gasteiger partial charge < -0.3 is 9.13 Å². The molecule has 3 heterocycles. The van der Waals surface area contributed by atoms with Crippen LogP contribution in [0.25, 0.3) is 111 Å². The van der Waals surface area contributed by atoms with Crippen molar-refractivity contribution in [1.82, 2.24) is 19.1 Å². The highest BCUT2D eigenvalue weighted by atomic mass is 15.0. The SMILES string of the molecule is c1ccc(-c2ccc(-c3nc(-c4cccc(-c5ccccc5)c4)c4cc(-n5c6ccccc6c6ccc7c8ccccc8n(-c8ccccc8)c7c65)ccc4n3)cc2)cc1. The number of nitrogens with zero attached hydrogens (tertiary/aromatic N) is 4. The largest absolute Gasteiger partial charge is 0.307 e. The molecule has 0 saturated heterocycles. The second kappa shape index (κ2) is 13.8. The zero-order chi connectivity index (χ0) is 39.6. The maximum Gasteiger partial charge on any atom is 0.160 e. The number of fused-ring (bicyclic) bond motifs is 8. The van der Waals surface area contributed by atoms with Gasteiger partial charge in [0.2, 0.25) is 0 Å². The highest BCUT2D eigenvalue weighted by Gasteiger charge is 2.22. The number of hydrogen-bond donors (Lipinski definition) is 0. The second-order valence-electron chi connectivity index (χ2n) is 15.4. The highest BCUT2D eigenvalue weighted by molar-refractivity contribution is 6.24. The fourth-order valence-electron chi connectivity index (χ4n) is 9.14. The van der Waals surface area contributed by atoms with Gasteiger partial charge in [0.25, 0.3) is 0 Å². The van der Waals surface area contributed by atoms with Crippen molar-refractivity contribution < 1.29 is 0 Å². The van der Waals surface area contributed by atoms with Crippen LogP contribution in [0.1, 0.15) is 0 Å². The lowest BCUT2D eigenvalue weighted by Crippen LogP contribution is -2.00. The fraction of sp³-hybridized carbons (Fsp3) is 0. The first-order chi connectivity index (χ1) is 29.8. The van der Waals surface area contributed by atoms with Crippen molar-refractivity contribution >= 4 is 54.5 Å². The van der Waals surface area contributed by atoms with Crippen molar-refractivity contribution in [3.05, 3.63) is 218 Å². The summed E-state index contributed by atoms with van der Waals surface area (Å²) in [5.74, 6) is 0.695. The van der Waals surface area contributed by atoms with Crippen LogP contribution in [-0.4, -0.2) is 19.1 Å². The Labute approximate surface area is 346 Å². The van der Waals surface area contributed by atoms with Crippen LogP contribution >= 0.6 is 0 Å². The zero-order valence-electron chi connectivity index (χ0n) is 32.6. The van der Waals surface area contributed by atoms with Gasteiger partial charge in [-0.2, -0.15) is 0 Å². The molecule has 3 aromatic heterocycles. The number of aromatic nitrogens is 4. The molecule has 0 aliphatic rings. The van der Waals surface area contributed by atoms with Gasteiger partial charge in [-0.05, 0) is 70.8 Å². The molecule has 0 aliphatic heterocycles. The zero-order valence-corrected chi connectivity index (χ0v) is 32.6. The second-order valence-corrected chi connectivity index (χ2v) is 15.4. The van der Waals surface area contributed by atoms with Crippen LogP contribution in [0.5, 0.6) is 0 Å². The Morgan fingerprint density at radius 2 is 0.783 bits per heavy atom. The summed E-state index contributed by atoms with van der Waals surface area (Å²) < 4.78 is 4.88. The lowest BCUT2D eigenvalue weighted by atomic mass is 9.99. The molecule has 0 radical (unpaired) electrons. The first-order valence-electron chi connectivity index (χ1n) is 20.4. The minimum atomic E-state index is 0.695. The molecular weight excluding hydrogens is 729 g/mol. The van der Waals surface area contributed by atoms with Gasteiger partial charge in [-0.15, -0.1) is 0 Å². The van der Waals surface area contributed by atoms with Gasteiger partial charge in [0.1, 0.15) is 0 Å². The molecule has 4 heteroatoms. The van der Waals surface area contributed by atoms with Gasteiger partial charge in [0, 0.05) is 49.4 Å². The molecular formula is C56H36N4. The van der Waals surface area contributed by atoms with Gasteiger partial charge in [0.05, 0.1) is 33.3 Å². The predicted octanol–water partition coefficient (Wildman–Crippen LogP) is 14.5. The number of rotatable bonds is 6. The van der Waals surface area contributed by atoms with E-state index in [0.717, 1.165) is 61.3 Å². The number of para-hydroxylation sites is 3. The van der Waals surface area contributed by atoms with E-state index in [1.54, 1.807) is 0 Å². The molecule has 0 saturated carbocycles. The summed E-state index contributed by atoms with van der Waals surface area (Å²) in [4.78, 5) is 10.7. The molecule has 0 fully saturated rings. The Bertz CT molecular complexity index is 3570. The summed E-state index contributed by atoms with van der Waals surface area (Å²) in [5.41, 5.74) is 15.3. The molecule has 0 aliphatic carbocycles. The van der Waals surface area contributed by atoms with Crippen LogP contribution < -0.4 is 0 Å². The van der Waals surface area contributed by atoms with E-state index in [2.05, 4.69) is 221 Å². The van der Waals surface area contributed by atoms with E-state index in [1.165, 1.54) is 43.7 Å². The van der Waals surface area contributed by atoms with Gasteiger partial charge >= 0.3 is 0 Å². The maximum absolute atomic E-state index is 5.43. The Morgan fingerprint density at radius 3 is 1.43 bits per heavy atom. The summed E-state index contributed by atoms with van der Waals surface area (Å²) in [6.45, 7) is 0. The first kappa shape index (κ1) is 34.0. The summed E-state index contributed by atoms with van der Waals surface area (Å²) in [6, 6.07) is 77.9. The summed E-state index contributed by atoms with van der Waals surface area (Å²) >= 11 is 0. The van der Waals surface area contributed by atoms with Crippen molar-refractivity contribution in [3.8, 4) is 56.3 Å². The van der Waals surface area contributed by atoms with Crippen LogP contribution in [-0.2, 0) is 0 Å². The number of hydrogen-bond acceptors (Lipinski definition) is 2. The number of benzene rings is 9. The minimum Gasteiger partial charge on any atom is -0.307 e. The third-order valence-corrected chi connectivity index (χ3v) is 11.9. The van der Waals surface area contributed by atoms with E-state index in [4.69, 9.17) is 9.97 Å². The minimum absolute atomic E-state index is 0.695. The van der Waals surface area contributed by atoms with Gasteiger partial charge in [-0.3, -0.25) is 0 Å². The van der Waals surface area contributed by atoms with Crippen LogP contribution in [0, 0.1) is 0 Å². The van der Waals surface area contributed by atoms with Crippen molar-refractivity contribution in [1.29, 1.82) is 0 Å². The molecule has 0 unspecified atom stereocenters. The lowest BCUT2D eigenvalue weighted by molar-refractivity contribution is 1.15. The Kier molecular flexibility index (Phi) is 7.82. The Hall–Kier alpha value is -8.08. The molecule has 0 N–H and O–H groups in total. The Morgan fingerprint density at radius 1 is 0.283 bits per heavy atom. The quantitative estimate of drug-likeness (QED) is 0.169. The predicted molar refractivity (Wildman–Crippen MR) is 250 cm³/mol. The maximum atomic E-state index is 5.43. The van der Waals surface area contributed by atoms with E-state index in [1.807, 2.05) is 6.07 Å². The molecule has 9 aromatic carbocycles. The molecule has 0 bridgehead atoms. The van der Waals surface area contributed by atoms with Gasteiger partial charge in [-0.25, -0.2) is 9.97 Å². The topological polar surface area (TPSA) is 35.6 Å². The Balaban J connectivity index is 1.13. The smallest absolute Gasteiger partial charge is 0.160 e. The van der Waals surface area contributed by atoms with Crippen LogP contribution in [0.4, 0.5) is 0 Å². The van der Waals surface area contributed by atoms with Crippen LogP contribution in [0.15, 0.2) is 218 Å².